The van der Waals surface area contributed by atoms with Crippen LogP contribution in [-0.4, -0.2) is 20.3 Å². The molecule has 0 amide bonds. The Labute approximate surface area is 128 Å². The van der Waals surface area contributed by atoms with E-state index in [-0.39, 0.29) is 0 Å². The molecule has 0 atom stereocenters. The summed E-state index contributed by atoms with van der Waals surface area (Å²) < 4.78 is 29.1. The van der Waals surface area contributed by atoms with Crippen molar-refractivity contribution in [3.8, 4) is 5.75 Å². The van der Waals surface area contributed by atoms with Gasteiger partial charge in [0.05, 0.1) is 26.5 Å². The Morgan fingerprint density at radius 2 is 1.48 bits per heavy atom. The van der Waals surface area contributed by atoms with Gasteiger partial charge in [0.15, 0.2) is 0 Å². The average Bonchev–Trinajstić information content (AvgIpc) is 2.48. The van der Waals surface area contributed by atoms with Crippen LogP contribution in [0.15, 0.2) is 24.3 Å². The highest BCUT2D eigenvalue weighted by Crippen LogP contribution is 2.51. The Bertz CT molecular complexity index is 416. The lowest BCUT2D eigenvalue weighted by Gasteiger charge is -2.18. The van der Waals surface area contributed by atoms with Crippen molar-refractivity contribution >= 4 is 7.60 Å². The number of ether oxygens (including phenoxy) is 1. The highest BCUT2D eigenvalue weighted by molar-refractivity contribution is 7.53. The van der Waals surface area contributed by atoms with Crippen molar-refractivity contribution in [2.24, 2.45) is 0 Å². The molecule has 0 radical (unpaired) electrons. The zero-order valence-corrected chi connectivity index (χ0v) is 14.2. The van der Waals surface area contributed by atoms with Crippen molar-refractivity contribution in [3.63, 3.8) is 0 Å². The SMILES string of the molecule is CCCCOP(=O)(Cc1ccc(OC)cc1)OCCCC. The van der Waals surface area contributed by atoms with E-state index in [4.69, 9.17) is 13.8 Å². The van der Waals surface area contributed by atoms with Gasteiger partial charge in [-0.15, -0.1) is 0 Å². The van der Waals surface area contributed by atoms with Gasteiger partial charge in [0, 0.05) is 0 Å². The first-order chi connectivity index (χ1) is 10.1. The average molecular weight is 314 g/mol. The number of benzene rings is 1. The van der Waals surface area contributed by atoms with E-state index < -0.39 is 7.60 Å². The summed E-state index contributed by atoms with van der Waals surface area (Å²) in [5.41, 5.74) is 0.937. The monoisotopic (exact) mass is 314 g/mol. The van der Waals surface area contributed by atoms with Gasteiger partial charge in [0.2, 0.25) is 0 Å². The molecule has 1 aromatic rings. The maximum Gasteiger partial charge on any atom is 0.335 e. The fourth-order valence-electron chi connectivity index (χ4n) is 1.78. The smallest absolute Gasteiger partial charge is 0.335 e. The van der Waals surface area contributed by atoms with E-state index in [1.807, 2.05) is 24.3 Å². The minimum absolute atomic E-state index is 0.310. The maximum absolute atomic E-state index is 12.8. The molecule has 0 fully saturated rings. The molecule has 0 N–H and O–H groups in total. The Hall–Kier alpha value is -0.830. The van der Waals surface area contributed by atoms with Gasteiger partial charge in [-0.05, 0) is 30.5 Å². The molecular formula is C16H27O4P. The second kappa shape index (κ2) is 9.99. The van der Waals surface area contributed by atoms with Gasteiger partial charge in [-0.3, -0.25) is 4.57 Å². The molecule has 21 heavy (non-hydrogen) atoms. The normalized spacial score (nSPS) is 11.6. The van der Waals surface area contributed by atoms with Crippen LogP contribution in [0.3, 0.4) is 0 Å². The third-order valence-electron chi connectivity index (χ3n) is 3.11. The fraction of sp³-hybridized carbons (Fsp3) is 0.625. The lowest BCUT2D eigenvalue weighted by molar-refractivity contribution is 0.199. The largest absolute Gasteiger partial charge is 0.497 e. The van der Waals surface area contributed by atoms with Crippen molar-refractivity contribution in [1.82, 2.24) is 0 Å². The van der Waals surface area contributed by atoms with E-state index in [0.717, 1.165) is 37.0 Å². The van der Waals surface area contributed by atoms with Gasteiger partial charge in [-0.25, -0.2) is 0 Å². The van der Waals surface area contributed by atoms with Gasteiger partial charge in [-0.1, -0.05) is 38.8 Å². The molecule has 4 nitrogen and oxygen atoms in total. The highest BCUT2D eigenvalue weighted by Gasteiger charge is 2.24. The van der Waals surface area contributed by atoms with Crippen LogP contribution >= 0.6 is 7.60 Å². The van der Waals surface area contributed by atoms with Crippen LogP contribution in [0.25, 0.3) is 0 Å². The quantitative estimate of drug-likeness (QED) is 0.425. The van der Waals surface area contributed by atoms with Gasteiger partial charge in [-0.2, -0.15) is 0 Å². The number of hydrogen-bond acceptors (Lipinski definition) is 4. The summed E-state index contributed by atoms with van der Waals surface area (Å²) in [5, 5.41) is 0. The molecule has 0 heterocycles. The molecule has 1 aromatic carbocycles. The summed E-state index contributed by atoms with van der Waals surface area (Å²) in [6.45, 7) is 5.12. The third kappa shape index (κ3) is 7.12. The van der Waals surface area contributed by atoms with E-state index in [1.165, 1.54) is 0 Å². The molecule has 120 valence electrons. The summed E-state index contributed by atoms with van der Waals surface area (Å²) in [7, 11) is -1.44. The predicted molar refractivity (Wildman–Crippen MR) is 86.0 cm³/mol. The molecule has 0 unspecified atom stereocenters. The van der Waals surface area contributed by atoms with Crippen LogP contribution in [0.4, 0.5) is 0 Å². The van der Waals surface area contributed by atoms with Crippen LogP contribution in [0, 0.1) is 0 Å². The maximum atomic E-state index is 12.8. The minimum Gasteiger partial charge on any atom is -0.497 e. The van der Waals surface area contributed by atoms with Crippen molar-refractivity contribution in [2.75, 3.05) is 20.3 Å². The van der Waals surface area contributed by atoms with Crippen molar-refractivity contribution in [2.45, 2.75) is 45.7 Å². The summed E-state index contributed by atoms with van der Waals surface area (Å²) in [4.78, 5) is 0. The number of unbranched alkanes of at least 4 members (excludes halogenated alkanes) is 2. The van der Waals surface area contributed by atoms with E-state index in [2.05, 4.69) is 13.8 Å². The summed E-state index contributed by atoms with van der Waals surface area (Å²) in [6, 6.07) is 7.52. The molecule has 0 aliphatic rings. The van der Waals surface area contributed by atoms with Crippen LogP contribution in [0.1, 0.15) is 45.1 Å². The van der Waals surface area contributed by atoms with E-state index >= 15 is 0 Å². The number of hydrogen-bond donors (Lipinski definition) is 0. The zero-order chi connectivity index (χ0) is 15.6. The summed E-state index contributed by atoms with van der Waals surface area (Å²) in [6.07, 6.45) is 4.12. The lowest BCUT2D eigenvalue weighted by Crippen LogP contribution is -2.02. The van der Waals surface area contributed by atoms with E-state index in [0.29, 0.717) is 19.4 Å². The summed E-state index contributed by atoms with van der Waals surface area (Å²) in [5.74, 6) is 0.785. The van der Waals surface area contributed by atoms with E-state index in [9.17, 15) is 4.57 Å². The Morgan fingerprint density at radius 3 is 1.90 bits per heavy atom. The van der Waals surface area contributed by atoms with Crippen molar-refractivity contribution < 1.29 is 18.3 Å². The van der Waals surface area contributed by atoms with Crippen LogP contribution < -0.4 is 4.74 Å². The van der Waals surface area contributed by atoms with Crippen LogP contribution in [0.5, 0.6) is 5.75 Å². The van der Waals surface area contributed by atoms with Crippen LogP contribution in [0.2, 0.25) is 0 Å². The van der Waals surface area contributed by atoms with Gasteiger partial charge < -0.3 is 13.8 Å². The first kappa shape index (κ1) is 18.2. The van der Waals surface area contributed by atoms with Gasteiger partial charge in [0.1, 0.15) is 5.75 Å². The molecule has 0 saturated carbocycles. The third-order valence-corrected chi connectivity index (χ3v) is 5.01. The number of rotatable bonds is 11. The Kier molecular flexibility index (Phi) is 8.67. The van der Waals surface area contributed by atoms with Gasteiger partial charge >= 0.3 is 7.60 Å². The molecular weight excluding hydrogens is 287 g/mol. The fourth-order valence-corrected chi connectivity index (χ4v) is 3.51. The topological polar surface area (TPSA) is 44.8 Å². The molecule has 0 aliphatic carbocycles. The van der Waals surface area contributed by atoms with Crippen LogP contribution in [-0.2, 0) is 19.8 Å². The van der Waals surface area contributed by atoms with Crippen molar-refractivity contribution in [3.05, 3.63) is 29.8 Å². The molecule has 0 aliphatic heterocycles. The molecule has 0 aromatic heterocycles. The van der Waals surface area contributed by atoms with Gasteiger partial charge in [0.25, 0.3) is 0 Å². The first-order valence-electron chi connectivity index (χ1n) is 7.64. The molecule has 0 saturated heterocycles. The standard InChI is InChI=1S/C16H27O4P/c1-4-6-12-19-21(17,20-13-7-5-2)14-15-8-10-16(18-3)11-9-15/h8-11H,4-7,12-14H2,1-3H3. The molecule has 5 heteroatoms. The Morgan fingerprint density at radius 1 is 0.952 bits per heavy atom. The van der Waals surface area contributed by atoms with Crippen molar-refractivity contribution in [1.29, 1.82) is 0 Å². The number of methoxy groups -OCH3 is 1. The lowest BCUT2D eigenvalue weighted by atomic mass is 10.2. The first-order valence-corrected chi connectivity index (χ1v) is 9.37. The summed E-state index contributed by atoms with van der Waals surface area (Å²) >= 11 is 0. The second-order valence-electron chi connectivity index (χ2n) is 4.99. The van der Waals surface area contributed by atoms with E-state index in [1.54, 1.807) is 7.11 Å². The zero-order valence-electron chi connectivity index (χ0n) is 13.3. The molecule has 1 rings (SSSR count). The highest BCUT2D eigenvalue weighted by atomic mass is 31.2. The molecule has 0 bridgehead atoms. The second-order valence-corrected chi connectivity index (χ2v) is 7.05. The predicted octanol–water partition coefficient (Wildman–Crippen LogP) is 5.02. The Balaban J connectivity index is 2.66. The minimum atomic E-state index is -3.07. The molecule has 0 spiro atoms.